The molecule has 3 rings (SSSR count). The maximum absolute atomic E-state index is 12.8. The van der Waals surface area contributed by atoms with E-state index in [0.717, 1.165) is 16.4 Å². The molecule has 0 aliphatic rings. The highest BCUT2D eigenvalue weighted by Gasteiger charge is 2.30. The fraction of sp³-hybridized carbons (Fsp3) is 0.125. The summed E-state index contributed by atoms with van der Waals surface area (Å²) in [6.45, 7) is 3.64. The first-order valence-electron chi connectivity index (χ1n) is 9.88. The van der Waals surface area contributed by atoms with E-state index in [1.54, 1.807) is 24.3 Å². The van der Waals surface area contributed by atoms with Crippen LogP contribution in [-0.2, 0) is 27.5 Å². The first kappa shape index (κ1) is 25.3. The van der Waals surface area contributed by atoms with Crippen molar-refractivity contribution >= 4 is 27.5 Å². The van der Waals surface area contributed by atoms with Crippen molar-refractivity contribution < 1.29 is 26.4 Å². The van der Waals surface area contributed by atoms with Gasteiger partial charge in [-0.2, -0.15) is 13.2 Å². The summed E-state index contributed by atoms with van der Waals surface area (Å²) < 4.78 is 64.6. The highest BCUT2D eigenvalue weighted by atomic mass is 35.5. The van der Waals surface area contributed by atoms with Gasteiger partial charge in [0.2, 0.25) is 0 Å². The average Bonchev–Trinajstić information content (AvgIpc) is 2.81. The number of hydrogen-bond acceptors (Lipinski definition) is 3. The number of carbonyl (C=O) groups is 1. The van der Waals surface area contributed by atoms with Crippen LogP contribution >= 0.6 is 11.6 Å². The van der Waals surface area contributed by atoms with Crippen LogP contribution in [0.5, 0.6) is 0 Å². The number of hydrogen-bond donors (Lipinski definition) is 1. The van der Waals surface area contributed by atoms with Crippen LogP contribution < -0.4 is 5.32 Å². The normalized spacial score (nSPS) is 11.7. The number of likely N-dealkylation sites (N-methyl/N-ethyl adjacent to an activating group) is 1. The van der Waals surface area contributed by atoms with Crippen molar-refractivity contribution in [1.29, 1.82) is 0 Å². The molecule has 0 atom stereocenters. The first-order valence-corrected chi connectivity index (χ1v) is 11.7. The largest absolute Gasteiger partial charge is 0.416 e. The van der Waals surface area contributed by atoms with Crippen molar-refractivity contribution in [3.63, 3.8) is 0 Å². The van der Waals surface area contributed by atoms with Crippen molar-refractivity contribution in [2.75, 3.05) is 7.05 Å². The fourth-order valence-corrected chi connectivity index (χ4v) is 4.34. The van der Waals surface area contributed by atoms with Crippen molar-refractivity contribution in [2.24, 2.45) is 0 Å². The van der Waals surface area contributed by atoms with E-state index in [9.17, 15) is 26.4 Å². The fourth-order valence-electron chi connectivity index (χ4n) is 3.05. The summed E-state index contributed by atoms with van der Waals surface area (Å²) in [5.41, 5.74) is 0.896. The Kier molecular flexibility index (Phi) is 7.38. The van der Waals surface area contributed by atoms with Gasteiger partial charge in [-0.25, -0.2) is 8.42 Å². The molecule has 0 heterocycles. The highest BCUT2D eigenvalue weighted by molar-refractivity contribution is 7.89. The Balaban J connectivity index is 1.67. The molecule has 0 fully saturated rings. The van der Waals surface area contributed by atoms with E-state index in [1.807, 2.05) is 0 Å². The molecule has 0 spiro atoms. The minimum atomic E-state index is -4.42. The number of halogens is 4. The first-order chi connectivity index (χ1) is 15.9. The van der Waals surface area contributed by atoms with Gasteiger partial charge >= 0.3 is 6.18 Å². The number of nitrogens with zero attached hydrogens (tertiary/aromatic N) is 1. The van der Waals surface area contributed by atoms with E-state index in [-0.39, 0.29) is 17.1 Å². The Labute approximate surface area is 200 Å². The van der Waals surface area contributed by atoms with Crippen molar-refractivity contribution in [3.8, 4) is 11.1 Å². The molecule has 34 heavy (non-hydrogen) atoms. The summed E-state index contributed by atoms with van der Waals surface area (Å²) >= 11 is 5.79. The number of rotatable bonds is 7. The zero-order valence-corrected chi connectivity index (χ0v) is 19.5. The van der Waals surface area contributed by atoms with E-state index in [2.05, 4.69) is 11.9 Å². The number of nitrogens with one attached hydrogen (secondary N) is 1. The minimum Gasteiger partial charge on any atom is -0.347 e. The number of benzene rings is 3. The van der Waals surface area contributed by atoms with Gasteiger partial charge in [0.05, 0.1) is 10.5 Å². The van der Waals surface area contributed by atoms with E-state index >= 15 is 0 Å². The molecule has 0 aliphatic carbocycles. The number of carbonyl (C=O) groups excluding carboxylic acids is 1. The second-order valence-electron chi connectivity index (χ2n) is 7.33. The summed E-state index contributed by atoms with van der Waals surface area (Å²) in [7, 11) is -2.79. The van der Waals surface area contributed by atoms with Gasteiger partial charge in [-0.15, -0.1) is 0 Å². The molecule has 1 amide bonds. The third-order valence-electron chi connectivity index (χ3n) is 5.04. The van der Waals surface area contributed by atoms with E-state index < -0.39 is 27.7 Å². The van der Waals surface area contributed by atoms with Crippen LogP contribution in [0.3, 0.4) is 0 Å². The van der Waals surface area contributed by atoms with Gasteiger partial charge in [0.15, 0.2) is 0 Å². The zero-order chi connectivity index (χ0) is 25.1. The quantitative estimate of drug-likeness (QED) is 0.430. The molecule has 0 aliphatic heterocycles. The molecule has 0 radical (unpaired) electrons. The second kappa shape index (κ2) is 9.90. The smallest absolute Gasteiger partial charge is 0.347 e. The van der Waals surface area contributed by atoms with Crippen LogP contribution in [0.2, 0.25) is 5.02 Å². The van der Waals surface area contributed by atoms with E-state index in [1.165, 1.54) is 43.4 Å². The molecule has 178 valence electrons. The molecule has 5 nitrogen and oxygen atoms in total. The lowest BCUT2D eigenvalue weighted by atomic mass is 10.0. The van der Waals surface area contributed by atoms with Crippen LogP contribution in [0.4, 0.5) is 13.2 Å². The van der Waals surface area contributed by atoms with Gasteiger partial charge in [0, 0.05) is 18.6 Å². The standard InChI is InChI=1S/C24H20ClF3N2O3S/c1-16(30(2)34(32,33)22-12-10-21(25)11-13-22)23(31)29-15-17-4-3-5-19(14-17)18-6-8-20(9-7-18)24(26,27)28/h3-14H,1,15H2,2H3,(H,29,31). The maximum atomic E-state index is 12.8. The summed E-state index contributed by atoms with van der Waals surface area (Å²) in [6, 6.07) is 17.2. The molecule has 1 N–H and O–H groups in total. The van der Waals surface area contributed by atoms with Gasteiger partial charge in [-0.05, 0) is 59.2 Å². The predicted molar refractivity (Wildman–Crippen MR) is 124 cm³/mol. The maximum Gasteiger partial charge on any atom is 0.416 e. The molecule has 0 unspecified atom stereocenters. The second-order valence-corrected chi connectivity index (χ2v) is 9.74. The lowest BCUT2D eigenvalue weighted by molar-refractivity contribution is -0.137. The van der Waals surface area contributed by atoms with Gasteiger partial charge < -0.3 is 5.32 Å². The van der Waals surface area contributed by atoms with Crippen molar-refractivity contribution in [1.82, 2.24) is 9.62 Å². The lowest BCUT2D eigenvalue weighted by Crippen LogP contribution is -2.35. The average molecular weight is 509 g/mol. The molecule has 0 bridgehead atoms. The Morgan fingerprint density at radius 3 is 2.21 bits per heavy atom. The van der Waals surface area contributed by atoms with Crippen LogP contribution in [0.15, 0.2) is 90.0 Å². The summed E-state index contributed by atoms with van der Waals surface area (Å²) in [5, 5.41) is 2.98. The Morgan fingerprint density at radius 1 is 1.00 bits per heavy atom. The minimum absolute atomic E-state index is 0.0439. The van der Waals surface area contributed by atoms with E-state index in [0.29, 0.717) is 21.7 Å². The van der Waals surface area contributed by atoms with Crippen LogP contribution in [0.1, 0.15) is 11.1 Å². The van der Waals surface area contributed by atoms with Crippen molar-refractivity contribution in [3.05, 3.63) is 101 Å². The molecule has 3 aromatic carbocycles. The molecule has 10 heteroatoms. The molecule has 3 aromatic rings. The molecular weight excluding hydrogens is 489 g/mol. The third-order valence-corrected chi connectivity index (χ3v) is 7.10. The Hall–Kier alpha value is -3.30. The highest BCUT2D eigenvalue weighted by Crippen LogP contribution is 2.31. The number of amides is 1. The van der Waals surface area contributed by atoms with Gasteiger partial charge in [-0.3, -0.25) is 9.10 Å². The third kappa shape index (κ3) is 5.78. The van der Waals surface area contributed by atoms with Gasteiger partial charge in [-0.1, -0.05) is 48.5 Å². The summed E-state index contributed by atoms with van der Waals surface area (Å²) in [6.07, 6.45) is -4.42. The van der Waals surface area contributed by atoms with Gasteiger partial charge in [0.25, 0.3) is 15.9 Å². The Morgan fingerprint density at radius 2 is 1.62 bits per heavy atom. The molecule has 0 aromatic heterocycles. The van der Waals surface area contributed by atoms with Crippen LogP contribution in [0, 0.1) is 0 Å². The van der Waals surface area contributed by atoms with E-state index in [4.69, 9.17) is 11.6 Å². The predicted octanol–water partition coefficient (Wildman–Crippen LogP) is 5.48. The molecule has 0 saturated heterocycles. The summed E-state index contributed by atoms with van der Waals surface area (Å²) in [4.78, 5) is 12.5. The summed E-state index contributed by atoms with van der Waals surface area (Å²) in [5.74, 6) is -0.694. The van der Waals surface area contributed by atoms with Crippen LogP contribution in [0.25, 0.3) is 11.1 Å². The SMILES string of the molecule is C=C(C(=O)NCc1cccc(-c2ccc(C(F)(F)F)cc2)c1)N(C)S(=O)(=O)c1ccc(Cl)cc1. The van der Waals surface area contributed by atoms with Crippen LogP contribution in [-0.4, -0.2) is 25.7 Å². The Bertz CT molecular complexity index is 1310. The van der Waals surface area contributed by atoms with Crippen molar-refractivity contribution in [2.45, 2.75) is 17.6 Å². The number of alkyl halides is 3. The lowest BCUT2D eigenvalue weighted by Gasteiger charge is -2.21. The monoisotopic (exact) mass is 508 g/mol. The molecule has 0 saturated carbocycles. The van der Waals surface area contributed by atoms with Gasteiger partial charge in [0.1, 0.15) is 5.70 Å². The zero-order valence-electron chi connectivity index (χ0n) is 17.9. The number of sulfonamides is 1. The molecular formula is C24H20ClF3N2O3S. The topological polar surface area (TPSA) is 66.5 Å².